The molecule has 0 aliphatic carbocycles. The van der Waals surface area contributed by atoms with E-state index in [0.29, 0.717) is 24.8 Å². The topological polar surface area (TPSA) is 101 Å². The summed E-state index contributed by atoms with van der Waals surface area (Å²) in [6, 6.07) is 5.76. The third kappa shape index (κ3) is 4.17. The lowest BCUT2D eigenvalue weighted by molar-refractivity contribution is 0.281. The smallest absolute Gasteiger partial charge is 0.280 e. The molecule has 0 bridgehead atoms. The van der Waals surface area contributed by atoms with E-state index in [4.69, 9.17) is 0 Å². The summed E-state index contributed by atoms with van der Waals surface area (Å²) in [5, 5.41) is -0.0819. The Hall–Kier alpha value is -1.91. The summed E-state index contributed by atoms with van der Waals surface area (Å²) < 4.78 is 55.9. The minimum atomic E-state index is -3.83. The molecule has 148 valence electrons. The molecule has 1 fully saturated rings. The van der Waals surface area contributed by atoms with E-state index < -0.39 is 20.0 Å². The van der Waals surface area contributed by atoms with Crippen LogP contribution < -0.4 is 4.72 Å². The Morgan fingerprint density at radius 1 is 1.15 bits per heavy atom. The summed E-state index contributed by atoms with van der Waals surface area (Å²) >= 11 is 0. The number of hydrogen-bond acceptors (Lipinski definition) is 5. The summed E-state index contributed by atoms with van der Waals surface area (Å²) in [6.45, 7) is 4.77. The average Bonchev–Trinajstić information content (AvgIpc) is 2.95. The third-order valence-electron chi connectivity index (χ3n) is 4.73. The maximum Gasteiger partial charge on any atom is 0.280 e. The fourth-order valence-electron chi connectivity index (χ4n) is 3.07. The highest BCUT2D eigenvalue weighted by Gasteiger charge is 2.28. The Morgan fingerprint density at radius 3 is 2.37 bits per heavy atom. The van der Waals surface area contributed by atoms with Gasteiger partial charge < -0.3 is 4.57 Å². The minimum Gasteiger partial charge on any atom is -0.337 e. The van der Waals surface area contributed by atoms with Gasteiger partial charge in [-0.1, -0.05) is 6.92 Å². The number of sulfonamides is 2. The van der Waals surface area contributed by atoms with Crippen LogP contribution in [0.1, 0.15) is 25.6 Å². The maximum absolute atomic E-state index is 12.8. The zero-order valence-corrected chi connectivity index (χ0v) is 17.2. The van der Waals surface area contributed by atoms with Crippen molar-refractivity contribution in [1.82, 2.24) is 13.9 Å². The standard InChI is InChI=1S/C17H24N4O4S2/c1-13-5-4-10-21(11-13)27(24,25)16-8-6-15(7-9-16)19-26(22,23)17-12-20(3)14(2)18-17/h6-9,12-13,19H,4-5,10-11H2,1-3H3. The number of benzene rings is 1. The average molecular weight is 413 g/mol. The van der Waals surface area contributed by atoms with Crippen LogP contribution >= 0.6 is 0 Å². The zero-order chi connectivity index (χ0) is 19.8. The number of aryl methyl sites for hydroxylation is 2. The van der Waals surface area contributed by atoms with Crippen LogP contribution in [0.5, 0.6) is 0 Å². The zero-order valence-electron chi connectivity index (χ0n) is 15.6. The Kier molecular flexibility index (Phi) is 5.33. The summed E-state index contributed by atoms with van der Waals surface area (Å²) in [5.74, 6) is 0.911. The molecule has 1 unspecified atom stereocenters. The van der Waals surface area contributed by atoms with E-state index in [1.807, 2.05) is 6.92 Å². The third-order valence-corrected chi connectivity index (χ3v) is 7.86. The molecule has 0 spiro atoms. The van der Waals surface area contributed by atoms with Crippen LogP contribution in [0.4, 0.5) is 5.69 Å². The highest BCUT2D eigenvalue weighted by molar-refractivity contribution is 7.92. The lowest BCUT2D eigenvalue weighted by atomic mass is 10.0. The van der Waals surface area contributed by atoms with Crippen molar-refractivity contribution < 1.29 is 16.8 Å². The van der Waals surface area contributed by atoms with Crippen LogP contribution in [0, 0.1) is 12.8 Å². The van der Waals surface area contributed by atoms with Gasteiger partial charge in [0.15, 0.2) is 5.03 Å². The summed E-state index contributed by atoms with van der Waals surface area (Å²) in [6.07, 6.45) is 3.30. The Balaban J connectivity index is 1.79. The molecule has 27 heavy (non-hydrogen) atoms. The first-order chi connectivity index (χ1) is 12.6. The van der Waals surface area contributed by atoms with Crippen LogP contribution in [0.3, 0.4) is 0 Å². The van der Waals surface area contributed by atoms with Gasteiger partial charge in [-0.15, -0.1) is 0 Å². The van der Waals surface area contributed by atoms with E-state index in [9.17, 15) is 16.8 Å². The molecule has 2 heterocycles. The van der Waals surface area contributed by atoms with Gasteiger partial charge in [0.1, 0.15) is 5.82 Å². The van der Waals surface area contributed by atoms with Gasteiger partial charge in [-0.2, -0.15) is 12.7 Å². The van der Waals surface area contributed by atoms with Crippen molar-refractivity contribution in [3.63, 3.8) is 0 Å². The van der Waals surface area contributed by atoms with Crippen molar-refractivity contribution in [1.29, 1.82) is 0 Å². The van der Waals surface area contributed by atoms with Gasteiger partial charge in [0.2, 0.25) is 10.0 Å². The monoisotopic (exact) mass is 412 g/mol. The van der Waals surface area contributed by atoms with Crippen LogP contribution in [-0.2, 0) is 27.1 Å². The van der Waals surface area contributed by atoms with E-state index in [-0.39, 0.29) is 15.6 Å². The number of aromatic nitrogens is 2. The lowest BCUT2D eigenvalue weighted by Crippen LogP contribution is -2.39. The van der Waals surface area contributed by atoms with Gasteiger partial charge in [0.05, 0.1) is 4.90 Å². The molecule has 3 rings (SSSR count). The number of nitrogens with zero attached hydrogens (tertiary/aromatic N) is 3. The predicted molar refractivity (Wildman–Crippen MR) is 102 cm³/mol. The molecular weight excluding hydrogens is 388 g/mol. The van der Waals surface area contributed by atoms with Gasteiger partial charge in [-0.05, 0) is 49.9 Å². The molecule has 0 saturated carbocycles. The van der Waals surface area contributed by atoms with Crippen molar-refractivity contribution in [2.24, 2.45) is 13.0 Å². The van der Waals surface area contributed by atoms with Crippen molar-refractivity contribution in [3.05, 3.63) is 36.3 Å². The molecule has 1 aromatic carbocycles. The first kappa shape index (κ1) is 19.8. The molecule has 2 aromatic rings. The molecular formula is C17H24N4O4S2. The van der Waals surface area contributed by atoms with Crippen molar-refractivity contribution in [2.75, 3.05) is 17.8 Å². The van der Waals surface area contributed by atoms with Gasteiger partial charge in [-0.25, -0.2) is 13.4 Å². The fraction of sp³-hybridized carbons (Fsp3) is 0.471. The second-order valence-electron chi connectivity index (χ2n) is 6.98. The Morgan fingerprint density at radius 2 is 1.81 bits per heavy atom. The summed E-state index contributed by atoms with van der Waals surface area (Å²) in [4.78, 5) is 4.17. The first-order valence-corrected chi connectivity index (χ1v) is 11.6. The van der Waals surface area contributed by atoms with E-state index in [0.717, 1.165) is 12.8 Å². The van der Waals surface area contributed by atoms with Crippen molar-refractivity contribution in [3.8, 4) is 0 Å². The van der Waals surface area contributed by atoms with Gasteiger partial charge in [0, 0.05) is 32.0 Å². The molecule has 1 N–H and O–H groups in total. The van der Waals surface area contributed by atoms with Crippen molar-refractivity contribution in [2.45, 2.75) is 36.6 Å². The van der Waals surface area contributed by atoms with E-state index >= 15 is 0 Å². The van der Waals surface area contributed by atoms with E-state index in [1.165, 1.54) is 34.8 Å². The Bertz CT molecular complexity index is 1010. The molecule has 1 atom stereocenters. The summed E-state index contributed by atoms with van der Waals surface area (Å²) in [5.41, 5.74) is 0.282. The van der Waals surface area contributed by atoms with Gasteiger partial charge in [0.25, 0.3) is 10.0 Å². The van der Waals surface area contributed by atoms with Gasteiger partial charge >= 0.3 is 0 Å². The molecule has 0 radical (unpaired) electrons. The molecule has 1 aliphatic heterocycles. The van der Waals surface area contributed by atoms with Crippen LogP contribution in [0.15, 0.2) is 40.4 Å². The molecule has 1 aromatic heterocycles. The molecule has 1 aliphatic rings. The second kappa shape index (κ2) is 7.25. The molecule has 8 nitrogen and oxygen atoms in total. The van der Waals surface area contributed by atoms with Crippen LogP contribution in [-0.4, -0.2) is 43.8 Å². The van der Waals surface area contributed by atoms with E-state index in [1.54, 1.807) is 18.5 Å². The molecule has 10 heteroatoms. The maximum atomic E-state index is 12.8. The number of anilines is 1. The number of hydrogen-bond donors (Lipinski definition) is 1. The lowest BCUT2D eigenvalue weighted by Gasteiger charge is -2.30. The van der Waals surface area contributed by atoms with Crippen LogP contribution in [0.2, 0.25) is 0 Å². The summed E-state index contributed by atoms with van der Waals surface area (Å²) in [7, 11) is -5.69. The van der Waals surface area contributed by atoms with E-state index in [2.05, 4.69) is 9.71 Å². The molecule has 1 saturated heterocycles. The highest BCUT2D eigenvalue weighted by atomic mass is 32.2. The SMILES string of the molecule is Cc1nc(S(=O)(=O)Nc2ccc(S(=O)(=O)N3CCCC(C)C3)cc2)cn1C. The molecule has 0 amide bonds. The largest absolute Gasteiger partial charge is 0.337 e. The quantitative estimate of drug-likeness (QED) is 0.809. The number of imidazole rings is 1. The minimum absolute atomic E-state index is 0.0819. The number of nitrogens with one attached hydrogen (secondary N) is 1. The normalized spacial score (nSPS) is 19.1. The predicted octanol–water partition coefficient (Wildman–Crippen LogP) is 1.95. The van der Waals surface area contributed by atoms with Crippen molar-refractivity contribution >= 4 is 25.7 Å². The number of piperidine rings is 1. The first-order valence-electron chi connectivity index (χ1n) is 8.72. The second-order valence-corrected chi connectivity index (χ2v) is 10.5. The number of rotatable bonds is 5. The fourth-order valence-corrected chi connectivity index (χ4v) is 5.77. The Labute approximate surface area is 160 Å². The van der Waals surface area contributed by atoms with Gasteiger partial charge in [-0.3, -0.25) is 4.72 Å². The highest BCUT2D eigenvalue weighted by Crippen LogP contribution is 2.25. The van der Waals surface area contributed by atoms with Crippen LogP contribution in [0.25, 0.3) is 0 Å².